The Morgan fingerprint density at radius 3 is 2.60 bits per heavy atom. The Hall–Kier alpha value is -1.07. The third-order valence-corrected chi connectivity index (χ3v) is 1.75. The zero-order chi connectivity index (χ0) is 11.8. The van der Waals surface area contributed by atoms with E-state index in [0.717, 1.165) is 0 Å². The molecule has 86 valence electrons. The van der Waals surface area contributed by atoms with Crippen molar-refractivity contribution in [1.29, 1.82) is 0 Å². The maximum absolute atomic E-state index is 10.6. The predicted octanol–water partition coefficient (Wildman–Crippen LogP) is 0.898. The van der Waals surface area contributed by atoms with E-state index in [9.17, 15) is 9.59 Å². The zero-order valence-electron chi connectivity index (χ0n) is 8.27. The summed E-state index contributed by atoms with van der Waals surface area (Å²) in [6, 6.07) is 0. The number of allylic oxidation sites excluding steroid dienone is 1. The lowest BCUT2D eigenvalue weighted by Gasteiger charge is -2.03. The fourth-order valence-corrected chi connectivity index (χ4v) is 0.794. The van der Waals surface area contributed by atoms with Crippen LogP contribution in [0.5, 0.6) is 0 Å². The van der Waals surface area contributed by atoms with E-state index in [0.29, 0.717) is 12.8 Å². The standard InChI is InChI=1S/C9H13ClO5/c1-6(8(12)13)4-2-3-5-15-9(14)7(10)11/h4,7,11H,2-3,5H2,1H3,(H,12,13). The number of unbranched alkanes of at least 4 members (excludes halogenated alkanes) is 1. The minimum Gasteiger partial charge on any atom is -0.478 e. The number of carboxylic acid groups (broad SMARTS) is 1. The van der Waals surface area contributed by atoms with Crippen molar-refractivity contribution < 1.29 is 24.5 Å². The summed E-state index contributed by atoms with van der Waals surface area (Å²) in [4.78, 5) is 21.0. The molecule has 0 radical (unpaired) electrons. The molecular formula is C9H13ClO5. The lowest BCUT2D eigenvalue weighted by Crippen LogP contribution is -2.17. The summed E-state index contributed by atoms with van der Waals surface area (Å²) in [6.45, 7) is 1.59. The number of rotatable bonds is 6. The van der Waals surface area contributed by atoms with Gasteiger partial charge in [-0.25, -0.2) is 9.59 Å². The molecule has 5 nitrogen and oxygen atoms in total. The van der Waals surface area contributed by atoms with Gasteiger partial charge in [0.2, 0.25) is 5.56 Å². The number of carboxylic acids is 1. The normalized spacial score (nSPS) is 13.4. The average Bonchev–Trinajstić information content (AvgIpc) is 2.16. The monoisotopic (exact) mass is 236 g/mol. The number of esters is 1. The molecule has 0 aliphatic carbocycles. The summed E-state index contributed by atoms with van der Waals surface area (Å²) in [7, 11) is 0. The third-order valence-electron chi connectivity index (χ3n) is 1.58. The Morgan fingerprint density at radius 2 is 2.13 bits per heavy atom. The van der Waals surface area contributed by atoms with Crippen molar-refractivity contribution in [2.45, 2.75) is 25.3 Å². The number of carbonyl (C=O) groups is 2. The quantitative estimate of drug-likeness (QED) is 0.310. The molecule has 0 aromatic rings. The Morgan fingerprint density at radius 1 is 1.53 bits per heavy atom. The van der Waals surface area contributed by atoms with E-state index >= 15 is 0 Å². The van der Waals surface area contributed by atoms with Crippen LogP contribution in [0.15, 0.2) is 11.6 Å². The molecule has 0 rings (SSSR count). The van der Waals surface area contributed by atoms with E-state index in [4.69, 9.17) is 21.8 Å². The van der Waals surface area contributed by atoms with Gasteiger partial charge in [-0.15, -0.1) is 0 Å². The van der Waals surface area contributed by atoms with Gasteiger partial charge in [-0.2, -0.15) is 0 Å². The molecule has 2 N–H and O–H groups in total. The van der Waals surface area contributed by atoms with E-state index in [1.807, 2.05) is 0 Å². The van der Waals surface area contributed by atoms with E-state index in [1.54, 1.807) is 0 Å². The summed E-state index contributed by atoms with van der Waals surface area (Å²) >= 11 is 5.02. The maximum atomic E-state index is 10.6. The highest BCUT2D eigenvalue weighted by molar-refractivity contribution is 6.28. The molecule has 15 heavy (non-hydrogen) atoms. The lowest BCUT2D eigenvalue weighted by atomic mass is 10.2. The van der Waals surface area contributed by atoms with E-state index in [-0.39, 0.29) is 12.2 Å². The second-order valence-electron chi connectivity index (χ2n) is 2.84. The number of alkyl halides is 1. The molecule has 0 aliphatic rings. The molecule has 0 saturated carbocycles. The maximum Gasteiger partial charge on any atom is 0.350 e. The van der Waals surface area contributed by atoms with Crippen LogP contribution in [0.3, 0.4) is 0 Å². The number of ether oxygens (including phenoxy) is 1. The Kier molecular flexibility index (Phi) is 6.73. The molecule has 6 heteroatoms. The van der Waals surface area contributed by atoms with Gasteiger partial charge in [0.25, 0.3) is 0 Å². The highest BCUT2D eigenvalue weighted by atomic mass is 35.5. The van der Waals surface area contributed by atoms with E-state index in [1.165, 1.54) is 13.0 Å². The first-order valence-electron chi connectivity index (χ1n) is 4.34. The molecule has 0 spiro atoms. The van der Waals surface area contributed by atoms with E-state index in [2.05, 4.69) is 4.74 Å². The minimum atomic E-state index is -1.64. The van der Waals surface area contributed by atoms with Crippen molar-refractivity contribution in [2.24, 2.45) is 0 Å². The summed E-state index contributed by atoms with van der Waals surface area (Å²) in [5.41, 5.74) is -1.39. The smallest absolute Gasteiger partial charge is 0.350 e. The summed E-state index contributed by atoms with van der Waals surface area (Å²) in [5, 5.41) is 17.0. The molecule has 0 heterocycles. The van der Waals surface area contributed by atoms with Crippen molar-refractivity contribution in [1.82, 2.24) is 0 Å². The van der Waals surface area contributed by atoms with Crippen molar-refractivity contribution in [3.63, 3.8) is 0 Å². The number of hydrogen-bond acceptors (Lipinski definition) is 4. The van der Waals surface area contributed by atoms with E-state index < -0.39 is 17.5 Å². The average molecular weight is 237 g/mol. The molecule has 0 aliphatic heterocycles. The zero-order valence-corrected chi connectivity index (χ0v) is 9.03. The van der Waals surface area contributed by atoms with Gasteiger partial charge in [0.15, 0.2) is 0 Å². The van der Waals surface area contributed by atoms with Crippen molar-refractivity contribution in [3.8, 4) is 0 Å². The number of aliphatic hydroxyl groups excluding tert-OH is 1. The first kappa shape index (κ1) is 13.9. The summed E-state index contributed by atoms with van der Waals surface area (Å²) in [6.07, 6.45) is 2.51. The fourth-order valence-electron chi connectivity index (χ4n) is 0.731. The molecule has 0 aromatic heterocycles. The third kappa shape index (κ3) is 6.93. The summed E-state index contributed by atoms with van der Waals surface area (Å²) < 4.78 is 4.55. The van der Waals surface area contributed by atoms with Crippen LogP contribution in [0.4, 0.5) is 0 Å². The minimum absolute atomic E-state index is 0.103. The molecule has 1 unspecified atom stereocenters. The van der Waals surface area contributed by atoms with Gasteiger partial charge in [0.1, 0.15) is 0 Å². The number of halogens is 1. The van der Waals surface area contributed by atoms with Gasteiger partial charge < -0.3 is 14.9 Å². The van der Waals surface area contributed by atoms with Gasteiger partial charge in [0, 0.05) is 5.57 Å². The lowest BCUT2D eigenvalue weighted by molar-refractivity contribution is -0.149. The van der Waals surface area contributed by atoms with Crippen molar-refractivity contribution in [2.75, 3.05) is 6.61 Å². The Bertz CT molecular complexity index is 259. The highest BCUT2D eigenvalue weighted by Crippen LogP contribution is 2.00. The molecule has 0 amide bonds. The fraction of sp³-hybridized carbons (Fsp3) is 0.556. The van der Waals surface area contributed by atoms with Crippen LogP contribution in [0.1, 0.15) is 19.8 Å². The Balaban J connectivity index is 3.60. The number of aliphatic carboxylic acids is 1. The van der Waals surface area contributed by atoms with Crippen molar-refractivity contribution >= 4 is 23.5 Å². The van der Waals surface area contributed by atoms with Crippen LogP contribution in [0, 0.1) is 0 Å². The number of carbonyl (C=O) groups excluding carboxylic acids is 1. The van der Waals surface area contributed by atoms with Crippen LogP contribution >= 0.6 is 11.6 Å². The van der Waals surface area contributed by atoms with Gasteiger partial charge in [-0.3, -0.25) is 0 Å². The molecule has 0 aromatic carbocycles. The largest absolute Gasteiger partial charge is 0.478 e. The predicted molar refractivity (Wildman–Crippen MR) is 53.4 cm³/mol. The van der Waals surface area contributed by atoms with Gasteiger partial charge in [-0.1, -0.05) is 17.7 Å². The van der Waals surface area contributed by atoms with Crippen LogP contribution in [-0.4, -0.2) is 34.3 Å². The first-order chi connectivity index (χ1) is 6.95. The van der Waals surface area contributed by atoms with Crippen LogP contribution in [0.2, 0.25) is 0 Å². The van der Waals surface area contributed by atoms with Crippen LogP contribution < -0.4 is 0 Å². The molecular weight excluding hydrogens is 224 g/mol. The second-order valence-corrected chi connectivity index (χ2v) is 3.25. The topological polar surface area (TPSA) is 83.8 Å². The van der Waals surface area contributed by atoms with Gasteiger partial charge >= 0.3 is 11.9 Å². The molecule has 0 bridgehead atoms. The SMILES string of the molecule is CC(=CCCCOC(=O)C(O)Cl)C(=O)O. The number of hydrogen-bond donors (Lipinski definition) is 2. The number of aliphatic hydroxyl groups is 1. The van der Waals surface area contributed by atoms with Crippen LogP contribution in [0.25, 0.3) is 0 Å². The van der Waals surface area contributed by atoms with Gasteiger partial charge in [-0.05, 0) is 19.8 Å². The highest BCUT2D eigenvalue weighted by Gasteiger charge is 2.11. The molecule has 1 atom stereocenters. The molecule has 0 fully saturated rings. The summed E-state index contributed by atoms with van der Waals surface area (Å²) in [5.74, 6) is -1.86. The molecule has 0 saturated heterocycles. The Labute approximate surface area is 92.3 Å². The van der Waals surface area contributed by atoms with Crippen molar-refractivity contribution in [3.05, 3.63) is 11.6 Å². The second kappa shape index (κ2) is 7.25. The van der Waals surface area contributed by atoms with Crippen LogP contribution in [-0.2, 0) is 14.3 Å². The van der Waals surface area contributed by atoms with Gasteiger partial charge in [0.05, 0.1) is 6.61 Å². The first-order valence-corrected chi connectivity index (χ1v) is 4.77.